The van der Waals surface area contributed by atoms with Crippen molar-refractivity contribution in [3.63, 3.8) is 0 Å². The average Bonchev–Trinajstić information content (AvgIpc) is 1.66. The topological polar surface area (TPSA) is 17.1 Å². The zero-order chi connectivity index (χ0) is 6.41. The number of unbranched alkanes of at least 4 members (excludes halogenated alkanes) is 1. The lowest BCUT2D eigenvalue weighted by atomic mass is 10.1. The van der Waals surface area contributed by atoms with Gasteiger partial charge in [-0.3, -0.25) is 4.79 Å². The van der Waals surface area contributed by atoms with Gasteiger partial charge in [-0.15, -0.1) is 0 Å². The second-order valence-electron chi connectivity index (χ2n) is 2.43. The summed E-state index contributed by atoms with van der Waals surface area (Å²) in [6.45, 7) is 4.32. The highest BCUT2D eigenvalue weighted by Crippen LogP contribution is 2.03. The molecule has 0 amide bonds. The van der Waals surface area contributed by atoms with Crippen LogP contribution < -0.4 is 0 Å². The Labute approximate surface area is 51.1 Å². The molecule has 0 saturated carbocycles. The van der Waals surface area contributed by atoms with Crippen molar-refractivity contribution in [2.45, 2.75) is 33.1 Å². The lowest BCUT2D eigenvalue weighted by Gasteiger charge is -1.98. The molecule has 0 spiro atoms. The maximum absolute atomic E-state index is 9.66. The summed E-state index contributed by atoms with van der Waals surface area (Å²) in [5.41, 5.74) is 0. The zero-order valence-corrected chi connectivity index (χ0v) is 5.61. The molecule has 0 heterocycles. The Balaban J connectivity index is 2.81. The Morgan fingerprint density at radius 2 is 2.12 bits per heavy atom. The molecule has 0 rings (SSSR count). The molecule has 0 aromatic carbocycles. The highest BCUT2D eigenvalue weighted by molar-refractivity contribution is 5.50. The van der Waals surface area contributed by atoms with E-state index < -0.39 is 0 Å². The molecule has 1 nitrogen and oxygen atoms in total. The highest BCUT2D eigenvalue weighted by Gasteiger charge is 1.91. The van der Waals surface area contributed by atoms with Gasteiger partial charge < -0.3 is 0 Å². The number of carbonyl (C=O) groups excluding carboxylic acids is 1. The van der Waals surface area contributed by atoms with Crippen LogP contribution in [0.4, 0.5) is 0 Å². The molecule has 1 heteroatoms. The van der Waals surface area contributed by atoms with Crippen molar-refractivity contribution >= 4 is 6.29 Å². The first-order chi connectivity index (χ1) is 3.77. The van der Waals surface area contributed by atoms with E-state index in [4.69, 9.17) is 0 Å². The van der Waals surface area contributed by atoms with Gasteiger partial charge in [0.15, 0.2) is 6.29 Å². The van der Waals surface area contributed by atoms with Crippen LogP contribution in [0, 0.1) is 5.92 Å². The largest absolute Gasteiger partial charge is 0.291 e. The summed E-state index contributed by atoms with van der Waals surface area (Å²) < 4.78 is 0. The third-order valence-corrected chi connectivity index (χ3v) is 1.06. The fourth-order valence-corrected chi connectivity index (χ4v) is 0.582. The molecular weight excluding hydrogens is 100 g/mol. The van der Waals surface area contributed by atoms with Gasteiger partial charge in [-0.1, -0.05) is 20.3 Å². The van der Waals surface area contributed by atoms with Crippen LogP contribution in [-0.4, -0.2) is 6.29 Å². The van der Waals surface area contributed by atoms with Crippen LogP contribution in [0.3, 0.4) is 0 Å². The third kappa shape index (κ3) is 5.67. The second-order valence-corrected chi connectivity index (χ2v) is 2.43. The molecule has 8 heavy (non-hydrogen) atoms. The van der Waals surface area contributed by atoms with E-state index in [1.165, 1.54) is 0 Å². The molecule has 0 atom stereocenters. The number of rotatable bonds is 4. The summed E-state index contributed by atoms with van der Waals surface area (Å²) in [6, 6.07) is 0. The first-order valence-electron chi connectivity index (χ1n) is 3.12. The number of hydrogen-bond acceptors (Lipinski definition) is 1. The highest BCUT2D eigenvalue weighted by atomic mass is 16.1. The molecular formula is C7H13O. The summed E-state index contributed by atoms with van der Waals surface area (Å²) >= 11 is 0. The molecule has 0 unspecified atom stereocenters. The molecule has 0 saturated heterocycles. The fraction of sp³-hybridized carbons (Fsp3) is 0.857. The average molecular weight is 113 g/mol. The van der Waals surface area contributed by atoms with Gasteiger partial charge in [0.1, 0.15) is 0 Å². The summed E-state index contributed by atoms with van der Waals surface area (Å²) in [5.74, 6) is 0.725. The van der Waals surface area contributed by atoms with Crippen LogP contribution in [0.5, 0.6) is 0 Å². The van der Waals surface area contributed by atoms with E-state index in [9.17, 15) is 4.79 Å². The standard InChI is InChI=1S/C7H13O/c1-7(2)5-3-4-6-8/h7H,3-5H2,1-2H3. The second kappa shape index (κ2) is 4.82. The van der Waals surface area contributed by atoms with E-state index in [2.05, 4.69) is 13.8 Å². The molecule has 0 N–H and O–H groups in total. The van der Waals surface area contributed by atoms with Crippen molar-refractivity contribution in [3.05, 3.63) is 0 Å². The smallest absolute Gasteiger partial charge is 0.198 e. The summed E-state index contributed by atoms with van der Waals surface area (Å²) in [5, 5.41) is 0. The van der Waals surface area contributed by atoms with Crippen LogP contribution in [0.15, 0.2) is 0 Å². The minimum absolute atomic E-state index is 0.609. The first-order valence-corrected chi connectivity index (χ1v) is 3.12. The molecule has 0 aliphatic carbocycles. The van der Waals surface area contributed by atoms with Crippen LogP contribution in [0.2, 0.25) is 0 Å². The Morgan fingerprint density at radius 1 is 1.50 bits per heavy atom. The van der Waals surface area contributed by atoms with Crippen molar-refractivity contribution in [2.75, 3.05) is 0 Å². The van der Waals surface area contributed by atoms with Crippen molar-refractivity contribution < 1.29 is 4.79 Å². The van der Waals surface area contributed by atoms with E-state index in [1.807, 2.05) is 6.29 Å². The monoisotopic (exact) mass is 113 g/mol. The zero-order valence-electron chi connectivity index (χ0n) is 5.61. The maximum Gasteiger partial charge on any atom is 0.198 e. The van der Waals surface area contributed by atoms with Gasteiger partial charge in [-0.05, 0) is 12.3 Å². The van der Waals surface area contributed by atoms with Crippen LogP contribution in [-0.2, 0) is 4.79 Å². The lowest BCUT2D eigenvalue weighted by Crippen LogP contribution is -1.86. The lowest BCUT2D eigenvalue weighted by molar-refractivity contribution is 0.528. The Bertz CT molecular complexity index is 57.4. The third-order valence-electron chi connectivity index (χ3n) is 1.06. The fourth-order valence-electron chi connectivity index (χ4n) is 0.582. The van der Waals surface area contributed by atoms with Crippen molar-refractivity contribution in [1.29, 1.82) is 0 Å². The SMILES string of the molecule is CC(C)CCC[C]=O. The van der Waals surface area contributed by atoms with E-state index in [1.54, 1.807) is 0 Å². The normalized spacial score (nSPS) is 9.88. The summed E-state index contributed by atoms with van der Waals surface area (Å²) in [7, 11) is 0. The van der Waals surface area contributed by atoms with Gasteiger partial charge in [-0.25, -0.2) is 0 Å². The quantitative estimate of drug-likeness (QED) is 0.509. The molecule has 0 aliphatic rings. The van der Waals surface area contributed by atoms with Gasteiger partial charge in [0.2, 0.25) is 0 Å². The minimum atomic E-state index is 0.609. The van der Waals surface area contributed by atoms with Gasteiger partial charge in [0, 0.05) is 6.42 Å². The molecule has 0 aliphatic heterocycles. The first kappa shape index (κ1) is 7.67. The molecule has 1 radical (unpaired) electrons. The minimum Gasteiger partial charge on any atom is -0.291 e. The molecule has 0 bridgehead atoms. The summed E-state index contributed by atoms with van der Waals surface area (Å²) in [6.07, 6.45) is 4.63. The van der Waals surface area contributed by atoms with Crippen molar-refractivity contribution in [3.8, 4) is 0 Å². The Morgan fingerprint density at radius 3 is 2.50 bits per heavy atom. The van der Waals surface area contributed by atoms with E-state index in [-0.39, 0.29) is 0 Å². The predicted molar refractivity (Wildman–Crippen MR) is 34.4 cm³/mol. The van der Waals surface area contributed by atoms with E-state index in [0.717, 1.165) is 18.8 Å². The van der Waals surface area contributed by atoms with Crippen LogP contribution in [0.25, 0.3) is 0 Å². The molecule has 0 aromatic heterocycles. The molecule has 0 aromatic rings. The Kier molecular flexibility index (Phi) is 4.62. The van der Waals surface area contributed by atoms with Gasteiger partial charge in [0.05, 0.1) is 0 Å². The van der Waals surface area contributed by atoms with Gasteiger partial charge in [-0.2, -0.15) is 0 Å². The van der Waals surface area contributed by atoms with E-state index >= 15 is 0 Å². The summed E-state index contributed by atoms with van der Waals surface area (Å²) in [4.78, 5) is 9.66. The van der Waals surface area contributed by atoms with Crippen LogP contribution in [0.1, 0.15) is 33.1 Å². The number of hydrogen-bond donors (Lipinski definition) is 0. The Hall–Kier alpha value is -0.330. The predicted octanol–water partition coefficient (Wildman–Crippen LogP) is 1.92. The van der Waals surface area contributed by atoms with Gasteiger partial charge in [0.25, 0.3) is 0 Å². The van der Waals surface area contributed by atoms with Crippen LogP contribution >= 0.6 is 0 Å². The maximum atomic E-state index is 9.66. The molecule has 0 fully saturated rings. The van der Waals surface area contributed by atoms with E-state index in [0.29, 0.717) is 6.42 Å². The van der Waals surface area contributed by atoms with Gasteiger partial charge >= 0.3 is 0 Å². The van der Waals surface area contributed by atoms with Crippen molar-refractivity contribution in [1.82, 2.24) is 0 Å². The van der Waals surface area contributed by atoms with Crippen molar-refractivity contribution in [2.24, 2.45) is 5.92 Å². The molecule has 47 valence electrons.